The summed E-state index contributed by atoms with van der Waals surface area (Å²) in [5, 5.41) is 8.34. The van der Waals surface area contributed by atoms with Gasteiger partial charge in [-0.25, -0.2) is 4.68 Å². The lowest BCUT2D eigenvalue weighted by molar-refractivity contribution is 0.762. The van der Waals surface area contributed by atoms with Gasteiger partial charge in [0.15, 0.2) is 0 Å². The molecule has 0 radical (unpaired) electrons. The first-order valence-corrected chi connectivity index (χ1v) is 4.55. The maximum Gasteiger partial charge on any atom is 0.0853 e. The molecule has 0 saturated heterocycles. The molecule has 0 bridgehead atoms. The van der Waals surface area contributed by atoms with E-state index in [0.29, 0.717) is 11.6 Å². The number of hydrogen-bond acceptors (Lipinski definition) is 3. The Kier molecular flexibility index (Phi) is 2.47. The highest BCUT2D eigenvalue weighted by molar-refractivity contribution is 6.32. The van der Waals surface area contributed by atoms with E-state index < -0.39 is 0 Å². The van der Waals surface area contributed by atoms with E-state index in [9.17, 15) is 0 Å². The molecule has 0 atom stereocenters. The van der Waals surface area contributed by atoms with E-state index >= 15 is 0 Å². The molecular weight excluding hydrogens is 200 g/mol. The van der Waals surface area contributed by atoms with E-state index in [-0.39, 0.29) is 0 Å². The minimum absolute atomic E-state index is 0.387. The van der Waals surface area contributed by atoms with Crippen LogP contribution in [0.25, 0.3) is 5.69 Å². The van der Waals surface area contributed by atoms with E-state index in [2.05, 4.69) is 10.3 Å². The Morgan fingerprint density at radius 1 is 1.36 bits per heavy atom. The minimum Gasteiger partial charge on any atom is -0.325 e. The summed E-state index contributed by atoms with van der Waals surface area (Å²) in [5.41, 5.74) is 7.17. The second kappa shape index (κ2) is 3.77. The van der Waals surface area contributed by atoms with Crippen molar-refractivity contribution in [3.05, 3.63) is 41.2 Å². The summed E-state index contributed by atoms with van der Waals surface area (Å²) in [6.07, 6.45) is 1.63. The van der Waals surface area contributed by atoms with Crippen LogP contribution in [0.4, 0.5) is 0 Å². The van der Waals surface area contributed by atoms with Crippen molar-refractivity contribution in [3.63, 3.8) is 0 Å². The summed E-state index contributed by atoms with van der Waals surface area (Å²) in [4.78, 5) is 0. The molecule has 0 aliphatic carbocycles. The molecule has 4 nitrogen and oxygen atoms in total. The number of halogens is 1. The third kappa shape index (κ3) is 1.49. The van der Waals surface area contributed by atoms with E-state index in [4.69, 9.17) is 17.3 Å². The van der Waals surface area contributed by atoms with Crippen molar-refractivity contribution >= 4 is 11.6 Å². The predicted molar refractivity (Wildman–Crippen MR) is 54.3 cm³/mol. The number of rotatable bonds is 2. The highest BCUT2D eigenvalue weighted by Gasteiger charge is 2.06. The van der Waals surface area contributed by atoms with Gasteiger partial charge in [-0.3, -0.25) is 0 Å². The highest BCUT2D eigenvalue weighted by atomic mass is 35.5. The van der Waals surface area contributed by atoms with Crippen molar-refractivity contribution in [2.75, 3.05) is 0 Å². The second-order valence-corrected chi connectivity index (χ2v) is 3.20. The van der Waals surface area contributed by atoms with Gasteiger partial charge in [0, 0.05) is 6.54 Å². The number of nitrogens with two attached hydrogens (primary N) is 1. The SMILES string of the molecule is NCc1cnnn1-c1ccccc1Cl. The second-order valence-electron chi connectivity index (χ2n) is 2.79. The van der Waals surface area contributed by atoms with Crippen molar-refractivity contribution in [2.45, 2.75) is 6.54 Å². The fourth-order valence-electron chi connectivity index (χ4n) is 1.22. The van der Waals surface area contributed by atoms with Crippen molar-refractivity contribution in [1.29, 1.82) is 0 Å². The Labute approximate surface area is 86.3 Å². The van der Waals surface area contributed by atoms with Gasteiger partial charge < -0.3 is 5.73 Å². The summed E-state index contributed by atoms with van der Waals surface area (Å²) in [5.74, 6) is 0. The Balaban J connectivity index is 2.54. The number of aromatic nitrogens is 3. The Morgan fingerprint density at radius 3 is 2.86 bits per heavy atom. The highest BCUT2D eigenvalue weighted by Crippen LogP contribution is 2.19. The molecule has 0 aliphatic heterocycles. The van der Waals surface area contributed by atoms with Crippen molar-refractivity contribution in [3.8, 4) is 5.69 Å². The van der Waals surface area contributed by atoms with Crippen LogP contribution in [-0.4, -0.2) is 15.0 Å². The number of benzene rings is 1. The summed E-state index contributed by atoms with van der Waals surface area (Å²) in [7, 11) is 0. The van der Waals surface area contributed by atoms with Crippen LogP contribution in [0.5, 0.6) is 0 Å². The van der Waals surface area contributed by atoms with Gasteiger partial charge in [0.2, 0.25) is 0 Å². The fraction of sp³-hybridized carbons (Fsp3) is 0.111. The normalized spacial score (nSPS) is 10.4. The van der Waals surface area contributed by atoms with Gasteiger partial charge in [-0.1, -0.05) is 28.9 Å². The van der Waals surface area contributed by atoms with Crippen LogP contribution in [-0.2, 0) is 6.54 Å². The van der Waals surface area contributed by atoms with Gasteiger partial charge in [0.1, 0.15) is 0 Å². The van der Waals surface area contributed by atoms with Crippen molar-refractivity contribution in [1.82, 2.24) is 15.0 Å². The lowest BCUT2D eigenvalue weighted by atomic mass is 10.3. The number of hydrogen-bond donors (Lipinski definition) is 1. The van der Waals surface area contributed by atoms with Crippen LogP contribution in [0.15, 0.2) is 30.5 Å². The van der Waals surface area contributed by atoms with Gasteiger partial charge in [-0.05, 0) is 12.1 Å². The lowest BCUT2D eigenvalue weighted by Gasteiger charge is -2.05. The third-order valence-corrected chi connectivity index (χ3v) is 2.23. The monoisotopic (exact) mass is 208 g/mol. The molecule has 0 spiro atoms. The third-order valence-electron chi connectivity index (χ3n) is 1.91. The van der Waals surface area contributed by atoms with Gasteiger partial charge in [0.05, 0.1) is 22.6 Å². The summed E-state index contributed by atoms with van der Waals surface area (Å²) in [6.45, 7) is 0.387. The first kappa shape index (κ1) is 9.18. The molecule has 0 fully saturated rings. The van der Waals surface area contributed by atoms with Gasteiger partial charge in [-0.15, -0.1) is 5.10 Å². The first-order chi connectivity index (χ1) is 6.83. The van der Waals surface area contributed by atoms with Gasteiger partial charge in [0.25, 0.3) is 0 Å². The maximum atomic E-state index is 6.02. The molecule has 0 aliphatic rings. The molecular formula is C9H9ClN4. The van der Waals surface area contributed by atoms with Crippen molar-refractivity contribution < 1.29 is 0 Å². The number of para-hydroxylation sites is 1. The largest absolute Gasteiger partial charge is 0.325 e. The molecule has 14 heavy (non-hydrogen) atoms. The maximum absolute atomic E-state index is 6.02. The number of nitrogens with zero attached hydrogens (tertiary/aromatic N) is 3. The van der Waals surface area contributed by atoms with Gasteiger partial charge >= 0.3 is 0 Å². The minimum atomic E-state index is 0.387. The van der Waals surface area contributed by atoms with E-state index in [1.807, 2.05) is 18.2 Å². The van der Waals surface area contributed by atoms with Crippen LogP contribution in [0.2, 0.25) is 5.02 Å². The predicted octanol–water partition coefficient (Wildman–Crippen LogP) is 1.38. The van der Waals surface area contributed by atoms with Crippen LogP contribution in [0.1, 0.15) is 5.69 Å². The Hall–Kier alpha value is -1.39. The van der Waals surface area contributed by atoms with Crippen LogP contribution < -0.4 is 5.73 Å². The van der Waals surface area contributed by atoms with Crippen LogP contribution in [0, 0.1) is 0 Å². The molecule has 0 saturated carbocycles. The fourth-order valence-corrected chi connectivity index (χ4v) is 1.44. The molecule has 1 aromatic carbocycles. The first-order valence-electron chi connectivity index (χ1n) is 4.17. The zero-order valence-electron chi connectivity index (χ0n) is 7.39. The summed E-state index contributed by atoms with van der Waals surface area (Å²) < 4.78 is 1.64. The van der Waals surface area contributed by atoms with E-state index in [0.717, 1.165) is 11.4 Å². The summed E-state index contributed by atoms with van der Waals surface area (Å²) >= 11 is 6.02. The smallest absolute Gasteiger partial charge is 0.0853 e. The van der Waals surface area contributed by atoms with Gasteiger partial charge in [-0.2, -0.15) is 0 Å². The quantitative estimate of drug-likeness (QED) is 0.811. The molecule has 0 amide bonds. The zero-order chi connectivity index (χ0) is 9.97. The van der Waals surface area contributed by atoms with E-state index in [1.54, 1.807) is 16.9 Å². The molecule has 72 valence electrons. The molecule has 5 heteroatoms. The molecule has 2 aromatic rings. The molecule has 2 N–H and O–H groups in total. The molecule has 1 heterocycles. The van der Waals surface area contributed by atoms with E-state index in [1.165, 1.54) is 0 Å². The Morgan fingerprint density at radius 2 is 2.14 bits per heavy atom. The summed E-state index contributed by atoms with van der Waals surface area (Å²) in [6, 6.07) is 7.43. The van der Waals surface area contributed by atoms with Crippen LogP contribution in [0.3, 0.4) is 0 Å². The molecule has 2 rings (SSSR count). The van der Waals surface area contributed by atoms with Crippen molar-refractivity contribution in [2.24, 2.45) is 5.73 Å². The lowest BCUT2D eigenvalue weighted by Crippen LogP contribution is -2.07. The zero-order valence-corrected chi connectivity index (χ0v) is 8.15. The average molecular weight is 209 g/mol. The average Bonchev–Trinajstić information content (AvgIpc) is 2.66. The van der Waals surface area contributed by atoms with Crippen LogP contribution >= 0.6 is 11.6 Å². The topological polar surface area (TPSA) is 56.7 Å². The standard InChI is InChI=1S/C9H9ClN4/c10-8-3-1-2-4-9(8)14-7(5-11)6-12-13-14/h1-4,6H,5,11H2. The molecule has 0 unspecified atom stereocenters. The Bertz CT molecular complexity index is 438. The molecule has 1 aromatic heterocycles.